The zero-order valence-electron chi connectivity index (χ0n) is 24.7. The third-order valence-corrected chi connectivity index (χ3v) is 9.15. The Morgan fingerprint density at radius 2 is 1.62 bits per heavy atom. The average molecular weight is 538 g/mol. The van der Waals surface area contributed by atoms with Gasteiger partial charge in [-0.15, -0.1) is 0 Å². The number of ether oxygens (including phenoxy) is 1. The normalized spacial score (nSPS) is 22.1. The van der Waals surface area contributed by atoms with Crippen molar-refractivity contribution in [2.45, 2.75) is 115 Å². The van der Waals surface area contributed by atoms with E-state index in [-0.39, 0.29) is 5.41 Å². The summed E-state index contributed by atoms with van der Waals surface area (Å²) in [7, 11) is 0. The molecular formula is C37H47NO2. The summed E-state index contributed by atoms with van der Waals surface area (Å²) in [6.07, 6.45) is 26.9. The Labute approximate surface area is 242 Å². The number of rotatable bonds is 13. The molecule has 0 radical (unpaired) electrons. The van der Waals surface area contributed by atoms with Crippen molar-refractivity contribution in [1.82, 2.24) is 0 Å². The Morgan fingerprint density at radius 3 is 2.27 bits per heavy atom. The number of esters is 1. The van der Waals surface area contributed by atoms with Crippen LogP contribution in [0.2, 0.25) is 0 Å². The lowest BCUT2D eigenvalue weighted by atomic mass is 9.77. The van der Waals surface area contributed by atoms with Crippen LogP contribution in [-0.4, -0.2) is 5.97 Å². The van der Waals surface area contributed by atoms with Crippen molar-refractivity contribution in [3.8, 4) is 11.8 Å². The molecule has 0 amide bonds. The lowest BCUT2D eigenvalue weighted by molar-refractivity contribution is 0.0734. The largest absolute Gasteiger partial charge is 0.422 e. The van der Waals surface area contributed by atoms with Gasteiger partial charge in [-0.1, -0.05) is 114 Å². The summed E-state index contributed by atoms with van der Waals surface area (Å²) in [6, 6.07) is 15.7. The first-order chi connectivity index (χ1) is 19.5. The molecule has 3 nitrogen and oxygen atoms in total. The summed E-state index contributed by atoms with van der Waals surface area (Å²) in [4.78, 5) is 12.9. The predicted molar refractivity (Wildman–Crippen MR) is 165 cm³/mol. The van der Waals surface area contributed by atoms with E-state index in [2.05, 4.69) is 44.2 Å². The molecule has 1 unspecified atom stereocenters. The van der Waals surface area contributed by atoms with Crippen molar-refractivity contribution in [3.05, 3.63) is 89.0 Å². The van der Waals surface area contributed by atoms with Crippen LogP contribution >= 0.6 is 0 Å². The number of allylic oxidation sites excluding steroid dienone is 4. The Kier molecular flexibility index (Phi) is 11.2. The molecule has 1 fully saturated rings. The second-order valence-corrected chi connectivity index (χ2v) is 12.2. The number of nitrogens with zero attached hydrogens (tertiary/aromatic N) is 1. The molecule has 3 heteroatoms. The quantitative estimate of drug-likeness (QED) is 0.145. The van der Waals surface area contributed by atoms with Crippen LogP contribution in [0.1, 0.15) is 137 Å². The van der Waals surface area contributed by atoms with Gasteiger partial charge in [-0.2, -0.15) is 5.26 Å². The fourth-order valence-corrected chi connectivity index (χ4v) is 6.40. The second-order valence-electron chi connectivity index (χ2n) is 12.2. The van der Waals surface area contributed by atoms with Crippen molar-refractivity contribution in [3.63, 3.8) is 0 Å². The van der Waals surface area contributed by atoms with Crippen molar-refractivity contribution < 1.29 is 9.53 Å². The summed E-state index contributed by atoms with van der Waals surface area (Å²) in [5.41, 5.74) is 3.11. The third-order valence-electron chi connectivity index (χ3n) is 9.15. The monoisotopic (exact) mass is 537 g/mol. The van der Waals surface area contributed by atoms with Crippen LogP contribution in [-0.2, 0) is 5.41 Å². The number of hydrogen-bond acceptors (Lipinski definition) is 3. The van der Waals surface area contributed by atoms with Gasteiger partial charge in [0, 0.05) is 5.41 Å². The van der Waals surface area contributed by atoms with E-state index in [1.807, 2.05) is 36.4 Å². The van der Waals surface area contributed by atoms with Gasteiger partial charge in [0.05, 0.1) is 11.1 Å². The Balaban J connectivity index is 1.23. The number of hydrogen-bond donors (Lipinski definition) is 0. The molecule has 4 rings (SSSR count). The van der Waals surface area contributed by atoms with Gasteiger partial charge in [-0.05, 0) is 79.3 Å². The number of benzene rings is 2. The SMILES string of the molecule is CCCCCCCCCCC1CCC(c2ccc(C(=O)Oc3ccc(C4(C)C=CC=CC4)cc3C#N)cc2)CC1. The summed E-state index contributed by atoms with van der Waals surface area (Å²) >= 11 is 0. The molecule has 0 heterocycles. The van der Waals surface area contributed by atoms with Gasteiger partial charge in [0.25, 0.3) is 0 Å². The first kappa shape index (κ1) is 29.9. The topological polar surface area (TPSA) is 50.1 Å². The number of carbonyl (C=O) groups excluding carboxylic acids is 1. The van der Waals surface area contributed by atoms with E-state index in [4.69, 9.17) is 4.74 Å². The highest BCUT2D eigenvalue weighted by molar-refractivity contribution is 5.91. The van der Waals surface area contributed by atoms with Crippen molar-refractivity contribution in [1.29, 1.82) is 5.26 Å². The van der Waals surface area contributed by atoms with E-state index < -0.39 is 5.97 Å². The average Bonchev–Trinajstić information content (AvgIpc) is 2.99. The Bertz CT molecular complexity index is 1190. The predicted octanol–water partition coefficient (Wildman–Crippen LogP) is 10.4. The van der Waals surface area contributed by atoms with Crippen LogP contribution in [0.5, 0.6) is 5.75 Å². The molecule has 40 heavy (non-hydrogen) atoms. The lowest BCUT2D eigenvalue weighted by Gasteiger charge is -2.29. The second kappa shape index (κ2) is 15.0. The van der Waals surface area contributed by atoms with Gasteiger partial charge < -0.3 is 4.74 Å². The molecule has 0 bridgehead atoms. The van der Waals surface area contributed by atoms with Crippen LogP contribution in [0.4, 0.5) is 0 Å². The number of carbonyl (C=O) groups is 1. The molecule has 1 saturated carbocycles. The van der Waals surface area contributed by atoms with Gasteiger partial charge in [0.15, 0.2) is 0 Å². The van der Waals surface area contributed by atoms with E-state index in [1.165, 1.54) is 89.0 Å². The minimum atomic E-state index is -0.420. The van der Waals surface area contributed by atoms with Gasteiger partial charge in [-0.3, -0.25) is 0 Å². The van der Waals surface area contributed by atoms with E-state index in [0.29, 0.717) is 22.8 Å². The van der Waals surface area contributed by atoms with Gasteiger partial charge in [-0.25, -0.2) is 4.79 Å². The summed E-state index contributed by atoms with van der Waals surface area (Å²) in [5.74, 6) is 1.37. The Hall–Kier alpha value is -3.12. The molecule has 0 aromatic heterocycles. The van der Waals surface area contributed by atoms with Crippen LogP contribution in [0.25, 0.3) is 0 Å². The maximum atomic E-state index is 12.9. The van der Waals surface area contributed by atoms with E-state index in [0.717, 1.165) is 17.9 Å². The van der Waals surface area contributed by atoms with Crippen molar-refractivity contribution in [2.24, 2.45) is 5.92 Å². The van der Waals surface area contributed by atoms with E-state index in [1.54, 1.807) is 6.07 Å². The summed E-state index contributed by atoms with van der Waals surface area (Å²) < 4.78 is 5.68. The zero-order chi connectivity index (χ0) is 28.2. The Morgan fingerprint density at radius 1 is 0.925 bits per heavy atom. The molecular weight excluding hydrogens is 490 g/mol. The first-order valence-electron chi connectivity index (χ1n) is 15.7. The molecule has 0 N–H and O–H groups in total. The zero-order valence-corrected chi connectivity index (χ0v) is 24.7. The summed E-state index contributed by atoms with van der Waals surface area (Å²) in [6.45, 7) is 4.43. The van der Waals surface area contributed by atoms with Crippen LogP contribution in [0.3, 0.4) is 0 Å². The summed E-state index contributed by atoms with van der Waals surface area (Å²) in [5, 5.41) is 9.74. The highest BCUT2D eigenvalue weighted by Crippen LogP contribution is 2.38. The molecule has 2 aliphatic rings. The first-order valence-corrected chi connectivity index (χ1v) is 15.7. The van der Waals surface area contributed by atoms with Gasteiger partial charge in [0.2, 0.25) is 0 Å². The lowest BCUT2D eigenvalue weighted by Crippen LogP contribution is -2.19. The molecule has 0 spiro atoms. The molecule has 1 atom stereocenters. The maximum absolute atomic E-state index is 12.9. The fourth-order valence-electron chi connectivity index (χ4n) is 6.40. The molecule has 2 aromatic rings. The van der Waals surface area contributed by atoms with E-state index in [9.17, 15) is 10.1 Å². The number of nitriles is 1. The van der Waals surface area contributed by atoms with Gasteiger partial charge in [0.1, 0.15) is 11.8 Å². The number of unbranched alkanes of at least 4 members (excludes halogenated alkanes) is 7. The highest BCUT2D eigenvalue weighted by atomic mass is 16.5. The highest BCUT2D eigenvalue weighted by Gasteiger charge is 2.25. The van der Waals surface area contributed by atoms with E-state index >= 15 is 0 Å². The fraction of sp³-hybridized carbons (Fsp3) is 0.514. The standard InChI is InChI=1S/C37H47NO2/c1-3-4-5-6-7-8-9-11-14-29-15-17-30(18-16-29)31-19-21-32(22-20-31)36(39)40-35-24-23-34(27-33(35)28-38)37(2)25-12-10-13-26-37/h10,12-13,19-25,27,29-30H,3-9,11,14-18,26H2,1-2H3. The van der Waals surface area contributed by atoms with Crippen LogP contribution < -0.4 is 4.74 Å². The molecule has 0 aliphatic heterocycles. The van der Waals surface area contributed by atoms with Crippen LogP contribution in [0, 0.1) is 17.2 Å². The minimum absolute atomic E-state index is 0.161. The van der Waals surface area contributed by atoms with Crippen molar-refractivity contribution >= 4 is 5.97 Å². The molecule has 0 saturated heterocycles. The molecule has 2 aliphatic carbocycles. The smallest absolute Gasteiger partial charge is 0.343 e. The minimum Gasteiger partial charge on any atom is -0.422 e. The van der Waals surface area contributed by atoms with Crippen molar-refractivity contribution in [2.75, 3.05) is 0 Å². The van der Waals surface area contributed by atoms with Gasteiger partial charge >= 0.3 is 5.97 Å². The van der Waals surface area contributed by atoms with Crippen LogP contribution in [0.15, 0.2) is 66.8 Å². The molecule has 212 valence electrons. The third kappa shape index (κ3) is 8.20. The maximum Gasteiger partial charge on any atom is 0.343 e. The molecule has 2 aromatic carbocycles.